The molecule has 1 aromatic carbocycles. The fourth-order valence-corrected chi connectivity index (χ4v) is 4.00. The first-order valence-corrected chi connectivity index (χ1v) is 10.9. The Kier molecular flexibility index (Phi) is 16.8. The molecule has 6 heteroatoms. The third-order valence-corrected chi connectivity index (χ3v) is 5.27. The van der Waals surface area contributed by atoms with Crippen molar-refractivity contribution in [3.63, 3.8) is 0 Å². The van der Waals surface area contributed by atoms with Crippen molar-refractivity contribution in [2.24, 2.45) is 5.92 Å². The van der Waals surface area contributed by atoms with Crippen LogP contribution in [0.2, 0.25) is 0 Å². The number of nitrogens with one attached hydrogen (secondary N) is 1. The maximum atomic E-state index is 8.51. The average molecular weight is 517 g/mol. The van der Waals surface area contributed by atoms with Crippen LogP contribution in [0.5, 0.6) is 0 Å². The van der Waals surface area contributed by atoms with E-state index in [-0.39, 0.29) is 45.5 Å². The number of hydrogen-bond donors (Lipinski definition) is 3. The third-order valence-electron chi connectivity index (χ3n) is 4.78. The summed E-state index contributed by atoms with van der Waals surface area (Å²) in [6.45, 7) is 7.07. The Hall–Kier alpha value is 0.644. The normalized spacial score (nSPS) is 20.0. The van der Waals surface area contributed by atoms with Crippen molar-refractivity contribution >= 4 is 15.9 Å². The minimum atomic E-state index is -0.368. The molecule has 0 aromatic heterocycles. The second-order valence-electron chi connectivity index (χ2n) is 6.80. The zero-order valence-corrected chi connectivity index (χ0v) is 21.5. The van der Waals surface area contributed by atoms with Crippen LogP contribution < -0.4 is 5.32 Å². The maximum Gasteiger partial charge on any atom is 0.0932 e. The molecular weight excluding hydrogens is 481 g/mol. The molecule has 1 aliphatic carbocycles. The summed E-state index contributed by atoms with van der Waals surface area (Å²) in [5.41, 5.74) is 3.02. The quantitative estimate of drug-likeness (QED) is 0.497. The molecule has 1 heterocycles. The van der Waals surface area contributed by atoms with Crippen LogP contribution in [0.4, 0.5) is 0 Å². The van der Waals surface area contributed by atoms with Crippen molar-refractivity contribution in [1.82, 2.24) is 5.32 Å². The number of nitrogens with zero attached hydrogens (tertiary/aromatic N) is 1. The van der Waals surface area contributed by atoms with Gasteiger partial charge in [-0.05, 0) is 31.0 Å². The Morgan fingerprint density at radius 3 is 2.44 bits per heavy atom. The minimum Gasteiger partial charge on any atom is -0.655 e. The van der Waals surface area contributed by atoms with Crippen molar-refractivity contribution in [1.29, 1.82) is 0 Å². The van der Waals surface area contributed by atoms with Gasteiger partial charge in [-0.1, -0.05) is 79.4 Å². The number of halogens is 1. The van der Waals surface area contributed by atoms with Crippen molar-refractivity contribution < 1.29 is 42.9 Å². The smallest absolute Gasteiger partial charge is 0.0932 e. The van der Waals surface area contributed by atoms with Gasteiger partial charge in [0.25, 0.3) is 0 Å². The molecule has 1 saturated carbocycles. The summed E-state index contributed by atoms with van der Waals surface area (Å²) in [5.74, 6) is 0.803. The van der Waals surface area contributed by atoms with Crippen LogP contribution in [0, 0.1) is 5.92 Å². The predicted octanol–water partition coefficient (Wildman–Crippen LogP) is 4.93. The van der Waals surface area contributed by atoms with Crippen LogP contribution in [0.1, 0.15) is 70.0 Å². The molecule has 0 saturated heterocycles. The maximum absolute atomic E-state index is 8.51. The number of benzene rings is 1. The Bertz CT molecular complexity index is 497. The molecule has 0 spiro atoms. The summed E-state index contributed by atoms with van der Waals surface area (Å²) < 4.78 is 1.20. The molecule has 1 fully saturated rings. The van der Waals surface area contributed by atoms with Gasteiger partial charge < -0.3 is 15.5 Å². The van der Waals surface area contributed by atoms with Gasteiger partial charge >= 0.3 is 0 Å². The number of hydrogen-bond acceptors (Lipinski definition) is 3. The van der Waals surface area contributed by atoms with Crippen molar-refractivity contribution in [2.75, 3.05) is 19.8 Å². The van der Waals surface area contributed by atoms with Gasteiger partial charge in [0.15, 0.2) is 0 Å². The second-order valence-corrected chi connectivity index (χ2v) is 7.72. The van der Waals surface area contributed by atoms with Gasteiger partial charge in [-0.3, -0.25) is 5.32 Å². The van der Waals surface area contributed by atoms with E-state index in [4.69, 9.17) is 15.5 Å². The average Bonchev–Trinajstić information content (AvgIpc) is 2.68. The summed E-state index contributed by atoms with van der Waals surface area (Å²) in [7, 11) is 0. The molecule has 3 N–H and O–H groups in total. The molecule has 3 rings (SSSR count). The van der Waals surface area contributed by atoms with E-state index in [1.165, 1.54) is 47.7 Å². The summed E-state index contributed by atoms with van der Waals surface area (Å²) in [5, 5.41) is 24.1. The largest absolute Gasteiger partial charge is 0.655 e. The molecule has 2 aliphatic rings. The number of fused-ring (bicyclic) bond motifs is 1. The Balaban J connectivity index is 0.000000582. The summed E-state index contributed by atoms with van der Waals surface area (Å²) in [6, 6.07) is 7.24. The van der Waals surface area contributed by atoms with Crippen LogP contribution in [0.15, 0.2) is 22.7 Å². The minimum absolute atomic E-state index is 0. The van der Waals surface area contributed by atoms with Crippen molar-refractivity contribution in [3.8, 4) is 0 Å². The van der Waals surface area contributed by atoms with Gasteiger partial charge in [-0.25, -0.2) is 0 Å². The zero-order valence-electron chi connectivity index (χ0n) is 17.1. The van der Waals surface area contributed by atoms with Gasteiger partial charge in [-0.2, -0.15) is 0 Å². The fraction of sp³-hybridized carbons (Fsp3) is 0.714. The molecule has 4 nitrogen and oxygen atoms in total. The van der Waals surface area contributed by atoms with Gasteiger partial charge in [0.1, 0.15) is 0 Å². The van der Waals surface area contributed by atoms with Gasteiger partial charge in [0.2, 0.25) is 0 Å². The third kappa shape index (κ3) is 10.3. The monoisotopic (exact) mass is 516 g/mol. The number of aliphatic hydroxyl groups excluding tert-OH is 2. The van der Waals surface area contributed by atoms with Gasteiger partial charge in [-0.15, -0.1) is 12.6 Å². The van der Waals surface area contributed by atoms with Gasteiger partial charge in [0.05, 0.1) is 12.8 Å². The van der Waals surface area contributed by atoms with Crippen molar-refractivity contribution in [3.05, 3.63) is 39.1 Å². The molecule has 27 heavy (non-hydrogen) atoms. The molecule has 153 valence electrons. The molecule has 0 amide bonds. The molecule has 2 unspecified atom stereocenters. The molecule has 1 aromatic rings. The van der Waals surface area contributed by atoms with E-state index in [9.17, 15) is 0 Å². The van der Waals surface area contributed by atoms with E-state index >= 15 is 0 Å². The van der Waals surface area contributed by atoms with Crippen LogP contribution in [-0.2, 0) is 39.1 Å². The van der Waals surface area contributed by atoms with E-state index in [2.05, 4.69) is 39.4 Å². The summed E-state index contributed by atoms with van der Waals surface area (Å²) in [6.07, 6.45) is 7.74. The van der Waals surface area contributed by atoms with Gasteiger partial charge in [0, 0.05) is 43.7 Å². The van der Waals surface area contributed by atoms with Crippen LogP contribution in [0.25, 0.3) is 5.32 Å². The molecular formula is C21H36BrN2O2Y-. The van der Waals surface area contributed by atoms with E-state index in [1.807, 2.05) is 13.8 Å². The fourth-order valence-electron chi connectivity index (χ4n) is 3.62. The Labute approximate surface area is 199 Å². The standard InChI is InChI=1S/C15H19BrN.C4H11NO2.C2H6.Y/c16-13-7-6-11-8-9-17-15(14(11)10-13)12-4-2-1-3-5-12;1-4(7)2-5-3-6;1-2;/h6-7,10,12,15H,1-5,8-9H2;4-7H,2-3H2,1H3;1-2H3;/q-1;;;. The number of aliphatic hydroxyl groups is 2. The summed E-state index contributed by atoms with van der Waals surface area (Å²) in [4.78, 5) is 0. The first-order valence-electron chi connectivity index (χ1n) is 10.1. The molecule has 2 atom stereocenters. The Morgan fingerprint density at radius 2 is 1.89 bits per heavy atom. The predicted molar refractivity (Wildman–Crippen MR) is 114 cm³/mol. The van der Waals surface area contributed by atoms with E-state index < -0.39 is 0 Å². The molecule has 1 radical (unpaired) electrons. The van der Waals surface area contributed by atoms with E-state index in [0.29, 0.717) is 12.6 Å². The topological polar surface area (TPSA) is 66.6 Å². The first-order chi connectivity index (χ1) is 12.6. The molecule has 1 aliphatic heterocycles. The first kappa shape index (κ1) is 27.6. The second kappa shape index (κ2) is 16.4. The van der Waals surface area contributed by atoms with E-state index in [0.717, 1.165) is 18.9 Å². The SMILES string of the molecule is Brc1ccc2c(c1)C(C1CCCCC1)[N-]CC2.CC.CC(O)CNCO.[Y]. The summed E-state index contributed by atoms with van der Waals surface area (Å²) >= 11 is 3.60. The Morgan fingerprint density at radius 1 is 1.22 bits per heavy atom. The van der Waals surface area contributed by atoms with Crippen LogP contribution >= 0.6 is 15.9 Å². The zero-order chi connectivity index (χ0) is 19.4. The van der Waals surface area contributed by atoms with Crippen LogP contribution in [0.3, 0.4) is 0 Å². The van der Waals surface area contributed by atoms with E-state index in [1.54, 1.807) is 6.92 Å². The van der Waals surface area contributed by atoms with Crippen molar-refractivity contribution in [2.45, 2.75) is 71.4 Å². The van der Waals surface area contributed by atoms with Crippen LogP contribution in [-0.4, -0.2) is 36.1 Å². The molecule has 0 bridgehead atoms. The number of rotatable bonds is 4.